The number of ether oxygens (including phenoxy) is 2. The zero-order valence-electron chi connectivity index (χ0n) is 11.4. The zero-order valence-corrected chi connectivity index (χ0v) is 11.4. The molecule has 1 saturated heterocycles. The number of aryl methyl sites for hydroxylation is 1. The SMILES string of the molecule is COCCOCCC1(c2cccc(C)c2)CNC1. The molecule has 0 amide bonds. The molecule has 1 aliphatic heterocycles. The molecule has 1 aliphatic rings. The molecule has 100 valence electrons. The van der Waals surface area contributed by atoms with Crippen LogP contribution in [0.4, 0.5) is 0 Å². The fourth-order valence-corrected chi connectivity index (χ4v) is 2.44. The second-order valence-electron chi connectivity index (χ2n) is 5.11. The van der Waals surface area contributed by atoms with Gasteiger partial charge in [0.05, 0.1) is 13.2 Å². The third-order valence-corrected chi connectivity index (χ3v) is 3.71. The number of rotatable bonds is 7. The van der Waals surface area contributed by atoms with Crippen LogP contribution < -0.4 is 5.32 Å². The Hall–Kier alpha value is -0.900. The lowest BCUT2D eigenvalue weighted by atomic mass is 9.72. The van der Waals surface area contributed by atoms with Crippen LogP contribution in [0.3, 0.4) is 0 Å². The minimum Gasteiger partial charge on any atom is -0.382 e. The van der Waals surface area contributed by atoms with Gasteiger partial charge in [0, 0.05) is 32.2 Å². The number of hydrogen-bond acceptors (Lipinski definition) is 3. The largest absolute Gasteiger partial charge is 0.382 e. The maximum atomic E-state index is 5.60. The highest BCUT2D eigenvalue weighted by molar-refractivity contribution is 5.33. The quantitative estimate of drug-likeness (QED) is 0.749. The van der Waals surface area contributed by atoms with E-state index >= 15 is 0 Å². The average molecular weight is 249 g/mol. The molecule has 18 heavy (non-hydrogen) atoms. The van der Waals surface area contributed by atoms with Crippen LogP contribution in [0.5, 0.6) is 0 Å². The third-order valence-electron chi connectivity index (χ3n) is 3.71. The van der Waals surface area contributed by atoms with E-state index in [9.17, 15) is 0 Å². The summed E-state index contributed by atoms with van der Waals surface area (Å²) in [7, 11) is 1.70. The Bertz CT molecular complexity index is 375. The molecule has 2 rings (SSSR count). The van der Waals surface area contributed by atoms with Crippen molar-refractivity contribution >= 4 is 0 Å². The van der Waals surface area contributed by atoms with Gasteiger partial charge in [-0.15, -0.1) is 0 Å². The Balaban J connectivity index is 1.90. The molecule has 0 aromatic heterocycles. The topological polar surface area (TPSA) is 30.5 Å². The smallest absolute Gasteiger partial charge is 0.0700 e. The van der Waals surface area contributed by atoms with Gasteiger partial charge < -0.3 is 14.8 Å². The maximum Gasteiger partial charge on any atom is 0.0700 e. The number of hydrogen-bond donors (Lipinski definition) is 1. The fourth-order valence-electron chi connectivity index (χ4n) is 2.44. The molecule has 1 heterocycles. The fraction of sp³-hybridized carbons (Fsp3) is 0.600. The summed E-state index contributed by atoms with van der Waals surface area (Å²) in [6.45, 7) is 6.44. The van der Waals surface area contributed by atoms with Crippen molar-refractivity contribution in [2.24, 2.45) is 0 Å². The second kappa shape index (κ2) is 6.32. The van der Waals surface area contributed by atoms with Crippen molar-refractivity contribution in [1.82, 2.24) is 5.32 Å². The predicted octanol–water partition coefficient (Wildman–Crippen LogP) is 1.89. The normalized spacial score (nSPS) is 17.4. The molecule has 0 unspecified atom stereocenters. The van der Waals surface area contributed by atoms with Gasteiger partial charge in [0.1, 0.15) is 0 Å². The number of nitrogens with one attached hydrogen (secondary N) is 1. The van der Waals surface area contributed by atoms with Crippen LogP contribution in [-0.4, -0.2) is 40.0 Å². The summed E-state index contributed by atoms with van der Waals surface area (Å²) in [5, 5.41) is 3.39. The van der Waals surface area contributed by atoms with E-state index in [1.54, 1.807) is 7.11 Å². The van der Waals surface area contributed by atoms with Crippen LogP contribution in [0.2, 0.25) is 0 Å². The monoisotopic (exact) mass is 249 g/mol. The van der Waals surface area contributed by atoms with E-state index in [4.69, 9.17) is 9.47 Å². The molecular weight excluding hydrogens is 226 g/mol. The Morgan fingerprint density at radius 3 is 2.67 bits per heavy atom. The van der Waals surface area contributed by atoms with Crippen LogP contribution in [0.25, 0.3) is 0 Å². The Morgan fingerprint density at radius 2 is 2.06 bits per heavy atom. The van der Waals surface area contributed by atoms with Gasteiger partial charge in [-0.25, -0.2) is 0 Å². The van der Waals surface area contributed by atoms with E-state index < -0.39 is 0 Å². The Labute approximate surface area is 109 Å². The van der Waals surface area contributed by atoms with Crippen molar-refractivity contribution in [2.75, 3.05) is 40.0 Å². The van der Waals surface area contributed by atoms with Gasteiger partial charge in [-0.1, -0.05) is 29.8 Å². The molecule has 0 saturated carbocycles. The van der Waals surface area contributed by atoms with Gasteiger partial charge in [0.2, 0.25) is 0 Å². The van der Waals surface area contributed by atoms with Gasteiger partial charge in [-0.3, -0.25) is 0 Å². The first kappa shape index (κ1) is 13.5. The van der Waals surface area contributed by atoms with E-state index in [0.29, 0.717) is 13.2 Å². The Morgan fingerprint density at radius 1 is 1.22 bits per heavy atom. The third kappa shape index (κ3) is 3.10. The van der Waals surface area contributed by atoms with E-state index in [0.717, 1.165) is 26.1 Å². The molecule has 0 bridgehead atoms. The molecule has 0 atom stereocenters. The molecule has 1 aromatic carbocycles. The van der Waals surface area contributed by atoms with Crippen molar-refractivity contribution in [3.05, 3.63) is 35.4 Å². The molecule has 0 spiro atoms. The van der Waals surface area contributed by atoms with Gasteiger partial charge in [0.15, 0.2) is 0 Å². The van der Waals surface area contributed by atoms with Crippen molar-refractivity contribution < 1.29 is 9.47 Å². The minimum absolute atomic E-state index is 0.277. The van der Waals surface area contributed by atoms with E-state index in [1.807, 2.05) is 0 Å². The van der Waals surface area contributed by atoms with E-state index in [1.165, 1.54) is 11.1 Å². The molecule has 0 aliphatic carbocycles. The highest BCUT2D eigenvalue weighted by Gasteiger charge is 2.38. The van der Waals surface area contributed by atoms with Crippen molar-refractivity contribution in [3.63, 3.8) is 0 Å². The molecule has 1 fully saturated rings. The first-order valence-corrected chi connectivity index (χ1v) is 6.61. The van der Waals surface area contributed by atoms with Gasteiger partial charge in [-0.05, 0) is 18.9 Å². The number of methoxy groups -OCH3 is 1. The van der Waals surface area contributed by atoms with Crippen molar-refractivity contribution in [3.8, 4) is 0 Å². The standard InChI is InChI=1S/C15H23NO2/c1-13-4-3-5-14(10-13)15(11-16-12-15)6-7-18-9-8-17-2/h3-5,10,16H,6-9,11-12H2,1-2H3. The highest BCUT2D eigenvalue weighted by atomic mass is 16.5. The first-order valence-electron chi connectivity index (χ1n) is 6.61. The number of benzene rings is 1. The predicted molar refractivity (Wildman–Crippen MR) is 73.0 cm³/mol. The first-order chi connectivity index (χ1) is 8.77. The van der Waals surface area contributed by atoms with E-state index in [-0.39, 0.29) is 5.41 Å². The van der Waals surface area contributed by atoms with Crippen LogP contribution in [0.15, 0.2) is 24.3 Å². The molecule has 1 N–H and O–H groups in total. The molecule has 3 nitrogen and oxygen atoms in total. The summed E-state index contributed by atoms with van der Waals surface area (Å²) in [6, 6.07) is 8.84. The second-order valence-corrected chi connectivity index (χ2v) is 5.11. The summed E-state index contributed by atoms with van der Waals surface area (Å²) < 4.78 is 10.6. The van der Waals surface area contributed by atoms with Crippen LogP contribution in [-0.2, 0) is 14.9 Å². The lowest BCUT2D eigenvalue weighted by molar-refractivity contribution is 0.0546. The van der Waals surface area contributed by atoms with Crippen LogP contribution in [0.1, 0.15) is 17.5 Å². The van der Waals surface area contributed by atoms with E-state index in [2.05, 4.69) is 36.5 Å². The van der Waals surface area contributed by atoms with Crippen molar-refractivity contribution in [1.29, 1.82) is 0 Å². The lowest BCUT2D eigenvalue weighted by Crippen LogP contribution is -2.57. The van der Waals surface area contributed by atoms with Crippen LogP contribution in [0, 0.1) is 6.92 Å². The highest BCUT2D eigenvalue weighted by Crippen LogP contribution is 2.32. The lowest BCUT2D eigenvalue weighted by Gasteiger charge is -2.43. The van der Waals surface area contributed by atoms with Gasteiger partial charge in [0.25, 0.3) is 0 Å². The molecular formula is C15H23NO2. The van der Waals surface area contributed by atoms with Gasteiger partial charge in [-0.2, -0.15) is 0 Å². The zero-order chi connectivity index (χ0) is 12.8. The summed E-state index contributed by atoms with van der Waals surface area (Å²) in [4.78, 5) is 0. The maximum absolute atomic E-state index is 5.60. The molecule has 0 radical (unpaired) electrons. The average Bonchev–Trinajstić information content (AvgIpc) is 2.32. The summed E-state index contributed by atoms with van der Waals surface area (Å²) in [5.41, 5.74) is 3.05. The summed E-state index contributed by atoms with van der Waals surface area (Å²) >= 11 is 0. The molecule has 1 aromatic rings. The minimum atomic E-state index is 0.277. The van der Waals surface area contributed by atoms with Crippen LogP contribution >= 0.6 is 0 Å². The van der Waals surface area contributed by atoms with Gasteiger partial charge >= 0.3 is 0 Å². The summed E-state index contributed by atoms with van der Waals surface area (Å²) in [5.74, 6) is 0. The van der Waals surface area contributed by atoms with Crippen molar-refractivity contribution in [2.45, 2.75) is 18.8 Å². The Kier molecular flexibility index (Phi) is 4.75. The summed E-state index contributed by atoms with van der Waals surface area (Å²) in [6.07, 6.45) is 1.08. The molecule has 3 heteroatoms.